The Kier molecular flexibility index (Phi) is 5.59. The molecule has 2 heterocycles. The zero-order valence-corrected chi connectivity index (χ0v) is 16.6. The Morgan fingerprint density at radius 1 is 1.23 bits per heavy atom. The summed E-state index contributed by atoms with van der Waals surface area (Å²) >= 11 is 1.39. The van der Waals surface area contributed by atoms with Crippen molar-refractivity contribution < 1.29 is 32.2 Å². The average molecular weight is 440 g/mol. The quantitative estimate of drug-likeness (QED) is 0.671. The van der Waals surface area contributed by atoms with E-state index in [4.69, 9.17) is 4.74 Å². The van der Waals surface area contributed by atoms with Crippen molar-refractivity contribution in [1.29, 1.82) is 0 Å². The minimum absolute atomic E-state index is 0.169. The molecule has 160 valence electrons. The number of aromatic nitrogens is 1. The number of hydrogen-bond donors (Lipinski definition) is 1. The van der Waals surface area contributed by atoms with Crippen molar-refractivity contribution in [3.63, 3.8) is 0 Å². The molecular weight excluding hydrogens is 421 g/mol. The Labute approximate surface area is 174 Å². The lowest BCUT2D eigenvalue weighted by atomic mass is 10.1. The van der Waals surface area contributed by atoms with Crippen LogP contribution in [0.15, 0.2) is 42.2 Å². The molecule has 1 aromatic carbocycles. The Bertz CT molecular complexity index is 915. The van der Waals surface area contributed by atoms with Crippen LogP contribution in [0.5, 0.6) is 5.75 Å². The summed E-state index contributed by atoms with van der Waals surface area (Å²) in [7, 11) is 0. The summed E-state index contributed by atoms with van der Waals surface area (Å²) in [6.45, 7) is -0.149. The normalized spacial score (nSPS) is 17.3. The van der Waals surface area contributed by atoms with Crippen LogP contribution in [-0.2, 0) is 15.9 Å². The molecule has 1 N–H and O–H groups in total. The number of hydrogen-bond acceptors (Lipinski definition) is 6. The Morgan fingerprint density at radius 3 is 2.57 bits per heavy atom. The van der Waals surface area contributed by atoms with Crippen molar-refractivity contribution in [2.45, 2.75) is 31.2 Å². The monoisotopic (exact) mass is 440 g/mol. The molecule has 1 fully saturated rings. The first-order chi connectivity index (χ1) is 14.3. The van der Waals surface area contributed by atoms with Gasteiger partial charge in [0, 0.05) is 18.3 Å². The second kappa shape index (κ2) is 8.17. The molecular formula is C20H19F3N2O4S. The van der Waals surface area contributed by atoms with Gasteiger partial charge >= 0.3 is 12.0 Å². The third-order valence-corrected chi connectivity index (χ3v) is 5.59. The lowest BCUT2D eigenvalue weighted by Crippen LogP contribution is -2.51. The van der Waals surface area contributed by atoms with E-state index in [0.717, 1.165) is 35.9 Å². The minimum atomic E-state index is -4.75. The van der Waals surface area contributed by atoms with Crippen LogP contribution in [0.4, 0.5) is 13.2 Å². The molecule has 1 aromatic heterocycles. The third-order valence-electron chi connectivity index (χ3n) is 4.74. The molecule has 2 aliphatic rings. The Balaban J connectivity index is 1.31. The molecule has 2 aromatic rings. The maximum absolute atomic E-state index is 13.2. The van der Waals surface area contributed by atoms with E-state index in [2.05, 4.69) is 19.8 Å². The zero-order valence-electron chi connectivity index (χ0n) is 15.8. The molecule has 0 atom stereocenters. The van der Waals surface area contributed by atoms with Gasteiger partial charge in [0.25, 0.3) is 5.91 Å². The van der Waals surface area contributed by atoms with E-state index >= 15 is 0 Å². The van der Waals surface area contributed by atoms with Gasteiger partial charge in [-0.05, 0) is 36.5 Å². The molecule has 4 rings (SSSR count). The summed E-state index contributed by atoms with van der Waals surface area (Å²) in [5.41, 5.74) is 1.29. The number of alkyl halides is 3. The van der Waals surface area contributed by atoms with Crippen molar-refractivity contribution >= 4 is 17.2 Å². The van der Waals surface area contributed by atoms with Gasteiger partial charge in [0.05, 0.1) is 5.01 Å². The van der Waals surface area contributed by atoms with Crippen molar-refractivity contribution in [3.8, 4) is 5.75 Å². The fraction of sp³-hybridized carbons (Fsp3) is 0.400. The molecule has 10 heteroatoms. The van der Waals surface area contributed by atoms with Crippen molar-refractivity contribution in [2.75, 3.05) is 13.2 Å². The highest BCUT2D eigenvalue weighted by Gasteiger charge is 2.62. The van der Waals surface area contributed by atoms with Crippen molar-refractivity contribution in [3.05, 3.63) is 58.4 Å². The first-order valence-corrected chi connectivity index (χ1v) is 10.2. The van der Waals surface area contributed by atoms with Crippen LogP contribution >= 0.6 is 11.3 Å². The van der Waals surface area contributed by atoms with Crippen molar-refractivity contribution in [2.24, 2.45) is 5.92 Å². The van der Waals surface area contributed by atoms with Gasteiger partial charge < -0.3 is 19.5 Å². The molecule has 0 radical (unpaired) electrons. The maximum atomic E-state index is 13.2. The van der Waals surface area contributed by atoms with E-state index < -0.39 is 18.6 Å². The molecule has 1 aliphatic heterocycles. The first-order valence-electron chi connectivity index (χ1n) is 9.36. The van der Waals surface area contributed by atoms with Gasteiger partial charge in [0.1, 0.15) is 24.0 Å². The van der Waals surface area contributed by atoms with Gasteiger partial charge in [-0.1, -0.05) is 12.1 Å². The average Bonchev–Trinajstić information content (AvgIpc) is 3.20. The number of carbonyl (C=O) groups excluding carboxylic acids is 1. The largest absolute Gasteiger partial charge is 0.485 e. The van der Waals surface area contributed by atoms with E-state index in [1.807, 2.05) is 0 Å². The number of carbonyl (C=O) groups is 1. The van der Waals surface area contributed by atoms with E-state index in [1.165, 1.54) is 11.3 Å². The summed E-state index contributed by atoms with van der Waals surface area (Å²) < 4.78 is 53.9. The summed E-state index contributed by atoms with van der Waals surface area (Å²) in [5.74, 6) is -2.15. The summed E-state index contributed by atoms with van der Waals surface area (Å²) in [6.07, 6.45) is -0.233. The van der Waals surface area contributed by atoms with Crippen LogP contribution in [0.2, 0.25) is 0 Å². The molecule has 0 bridgehead atoms. The number of thiazole rings is 1. The van der Waals surface area contributed by atoms with Crippen LogP contribution in [0.3, 0.4) is 0 Å². The predicted octanol–water partition coefficient (Wildman–Crippen LogP) is 4.03. The number of halogens is 3. The van der Waals surface area contributed by atoms with E-state index in [-0.39, 0.29) is 11.7 Å². The number of nitrogens with one attached hydrogen (secondary N) is 1. The lowest BCUT2D eigenvalue weighted by molar-refractivity contribution is -0.343. The Hall–Kier alpha value is -2.75. The molecule has 0 saturated heterocycles. The molecule has 0 unspecified atom stereocenters. The Morgan fingerprint density at radius 2 is 1.93 bits per heavy atom. The molecule has 6 nitrogen and oxygen atoms in total. The summed E-state index contributed by atoms with van der Waals surface area (Å²) in [5, 5.41) is 5.38. The molecule has 1 aliphatic carbocycles. The van der Waals surface area contributed by atoms with Crippen LogP contribution in [-0.4, -0.2) is 36.0 Å². The van der Waals surface area contributed by atoms with Crippen LogP contribution in [0, 0.1) is 5.92 Å². The topological polar surface area (TPSA) is 69.7 Å². The number of ether oxygens (including phenoxy) is 3. The van der Waals surface area contributed by atoms with Gasteiger partial charge in [-0.3, -0.25) is 4.79 Å². The lowest BCUT2D eigenvalue weighted by Gasteiger charge is -2.29. The number of amides is 1. The number of rotatable bonds is 8. The highest BCUT2D eigenvalue weighted by molar-refractivity contribution is 7.09. The van der Waals surface area contributed by atoms with Crippen LogP contribution < -0.4 is 10.1 Å². The predicted molar refractivity (Wildman–Crippen MR) is 102 cm³/mol. The smallest absolute Gasteiger partial charge is 0.471 e. The van der Waals surface area contributed by atoms with Gasteiger partial charge in [-0.2, -0.15) is 13.2 Å². The standard InChI is InChI=1S/C20H19F3N2O4S/c21-20(22,23)19(28-7-8-29-19)12-27-15-5-3-13(4-6-15)9-17-25-16(11-30-17)18(26)24-10-14-1-2-14/h3-8,11,14H,1-2,9-10,12H2,(H,24,26). The molecule has 30 heavy (non-hydrogen) atoms. The summed E-state index contributed by atoms with van der Waals surface area (Å²) in [6, 6.07) is 6.61. The van der Waals surface area contributed by atoms with Gasteiger partial charge in [-0.25, -0.2) is 4.98 Å². The highest BCUT2D eigenvalue weighted by Crippen LogP contribution is 2.38. The summed E-state index contributed by atoms with van der Waals surface area (Å²) in [4.78, 5) is 16.4. The fourth-order valence-corrected chi connectivity index (χ4v) is 3.60. The van der Waals surface area contributed by atoms with E-state index in [1.54, 1.807) is 29.6 Å². The maximum Gasteiger partial charge on any atom is 0.471 e. The van der Waals surface area contributed by atoms with Crippen LogP contribution in [0.25, 0.3) is 0 Å². The second-order valence-electron chi connectivity index (χ2n) is 7.15. The molecule has 1 saturated carbocycles. The second-order valence-corrected chi connectivity index (χ2v) is 8.09. The van der Waals surface area contributed by atoms with E-state index in [0.29, 0.717) is 24.6 Å². The highest BCUT2D eigenvalue weighted by atomic mass is 32.1. The number of nitrogens with zero attached hydrogens (tertiary/aromatic N) is 1. The molecule has 1 amide bonds. The zero-order chi connectivity index (χ0) is 21.2. The van der Waals surface area contributed by atoms with E-state index in [9.17, 15) is 18.0 Å². The third kappa shape index (κ3) is 4.69. The number of benzene rings is 1. The minimum Gasteiger partial charge on any atom is -0.485 e. The van der Waals surface area contributed by atoms with Gasteiger partial charge in [0.15, 0.2) is 6.61 Å². The molecule has 0 spiro atoms. The SMILES string of the molecule is O=C(NCC1CC1)c1csc(Cc2ccc(OCC3(C(F)(F)F)OC=CO3)cc2)n1. The fourth-order valence-electron chi connectivity index (χ4n) is 2.79. The first kappa shape index (κ1) is 20.5. The van der Waals surface area contributed by atoms with Gasteiger partial charge in [0.2, 0.25) is 0 Å². The van der Waals surface area contributed by atoms with Gasteiger partial charge in [-0.15, -0.1) is 11.3 Å². The van der Waals surface area contributed by atoms with Crippen LogP contribution in [0.1, 0.15) is 33.9 Å². The van der Waals surface area contributed by atoms with Crippen molar-refractivity contribution in [1.82, 2.24) is 10.3 Å².